The van der Waals surface area contributed by atoms with Crippen molar-refractivity contribution in [2.75, 3.05) is 31.1 Å². The minimum Gasteiger partial charge on any atom is -0.461 e. The van der Waals surface area contributed by atoms with Gasteiger partial charge in [0.15, 0.2) is 5.76 Å². The Hall–Kier alpha value is -2.60. The lowest BCUT2D eigenvalue weighted by Crippen LogP contribution is -3.13. The average Bonchev–Trinajstić information content (AvgIpc) is 3.28. The van der Waals surface area contributed by atoms with Crippen LogP contribution in [-0.4, -0.2) is 31.3 Å². The highest BCUT2D eigenvalue weighted by Gasteiger charge is 2.26. The third-order valence-electron chi connectivity index (χ3n) is 4.26. The Labute approximate surface area is 134 Å². The number of piperazine rings is 1. The minimum absolute atomic E-state index is 0.696. The Morgan fingerprint density at radius 3 is 2.78 bits per heavy atom. The van der Waals surface area contributed by atoms with E-state index in [1.54, 1.807) is 6.26 Å². The van der Waals surface area contributed by atoms with Gasteiger partial charge < -0.3 is 13.8 Å². The predicted molar refractivity (Wildman–Crippen MR) is 83.8 cm³/mol. The number of hydrogen-bond donors (Lipinski definition) is 1. The Balaban J connectivity index is 1.35. The lowest BCUT2D eigenvalue weighted by molar-refractivity contribution is -0.914. The summed E-state index contributed by atoms with van der Waals surface area (Å²) in [6.07, 6.45) is 3.61. The van der Waals surface area contributed by atoms with Gasteiger partial charge in [-0.1, -0.05) is 11.2 Å². The summed E-state index contributed by atoms with van der Waals surface area (Å²) in [7, 11) is 0. The maximum absolute atomic E-state index is 5.37. The van der Waals surface area contributed by atoms with Crippen molar-refractivity contribution in [2.45, 2.75) is 6.54 Å². The van der Waals surface area contributed by atoms with Crippen LogP contribution in [0.25, 0.3) is 11.5 Å². The van der Waals surface area contributed by atoms with Crippen molar-refractivity contribution in [1.82, 2.24) is 5.16 Å². The van der Waals surface area contributed by atoms with Crippen molar-refractivity contribution in [3.05, 3.63) is 54.6 Å². The van der Waals surface area contributed by atoms with Gasteiger partial charge in [0.1, 0.15) is 38.4 Å². The van der Waals surface area contributed by atoms with Crippen LogP contribution < -0.4 is 14.8 Å². The Morgan fingerprint density at radius 2 is 2.04 bits per heavy atom. The fourth-order valence-electron chi connectivity index (χ4n) is 3.01. The van der Waals surface area contributed by atoms with Crippen molar-refractivity contribution >= 4 is 5.82 Å². The number of nitrogens with zero attached hydrogens (tertiary/aromatic N) is 2. The summed E-state index contributed by atoms with van der Waals surface area (Å²) >= 11 is 0. The number of H-pyrrole nitrogens is 1. The molecule has 3 aromatic rings. The van der Waals surface area contributed by atoms with E-state index in [1.807, 2.05) is 30.5 Å². The largest absolute Gasteiger partial charge is 0.461 e. The Morgan fingerprint density at radius 1 is 1.13 bits per heavy atom. The molecule has 4 rings (SSSR count). The van der Waals surface area contributed by atoms with Crippen molar-refractivity contribution < 1.29 is 18.8 Å². The quantitative estimate of drug-likeness (QED) is 0.768. The van der Waals surface area contributed by atoms with E-state index < -0.39 is 0 Å². The van der Waals surface area contributed by atoms with Gasteiger partial charge in [-0.15, -0.1) is 0 Å². The maximum atomic E-state index is 5.37. The van der Waals surface area contributed by atoms with Gasteiger partial charge >= 0.3 is 0 Å². The van der Waals surface area contributed by atoms with Gasteiger partial charge in [-0.3, -0.25) is 4.90 Å². The molecule has 1 saturated heterocycles. The van der Waals surface area contributed by atoms with Crippen LogP contribution >= 0.6 is 0 Å². The van der Waals surface area contributed by atoms with E-state index >= 15 is 0 Å². The monoisotopic (exact) mass is 312 g/mol. The van der Waals surface area contributed by atoms with Gasteiger partial charge in [-0.2, -0.15) is 0 Å². The Kier molecular flexibility index (Phi) is 3.81. The maximum Gasteiger partial charge on any atom is 0.274 e. The molecule has 23 heavy (non-hydrogen) atoms. The number of furan rings is 1. The number of anilines is 1. The van der Waals surface area contributed by atoms with Gasteiger partial charge in [0.25, 0.3) is 5.82 Å². The molecule has 0 aromatic carbocycles. The molecule has 0 spiro atoms. The topological polar surface area (TPSA) is 61.0 Å². The zero-order valence-corrected chi connectivity index (χ0v) is 12.9. The summed E-state index contributed by atoms with van der Waals surface area (Å²) in [5.41, 5.74) is 0.978. The highest BCUT2D eigenvalue weighted by molar-refractivity contribution is 5.49. The molecule has 3 aromatic heterocycles. The molecule has 0 radical (unpaired) electrons. The molecule has 1 aliphatic rings. The molecule has 4 heterocycles. The van der Waals surface area contributed by atoms with Crippen molar-refractivity contribution in [2.24, 2.45) is 0 Å². The second-order valence-electron chi connectivity index (χ2n) is 5.82. The number of pyridine rings is 1. The molecule has 0 atom stereocenters. The summed E-state index contributed by atoms with van der Waals surface area (Å²) in [5, 5.41) is 4.17. The van der Waals surface area contributed by atoms with Crippen molar-refractivity contribution in [3.8, 4) is 11.5 Å². The SMILES string of the molecule is c1ccc(N2CC[NH+](Cc3cc(-c4ccco4)on3)CC2)[nH+]c1. The van der Waals surface area contributed by atoms with E-state index in [1.165, 1.54) is 10.7 Å². The molecule has 0 unspecified atom stereocenters. The molecule has 2 N–H and O–H groups in total. The highest BCUT2D eigenvalue weighted by Crippen LogP contribution is 2.20. The molecule has 0 bridgehead atoms. The molecule has 6 heteroatoms. The normalized spacial score (nSPS) is 15.9. The number of quaternary nitrogens is 1. The zero-order valence-electron chi connectivity index (χ0n) is 12.9. The van der Waals surface area contributed by atoms with Crippen LogP contribution in [0.5, 0.6) is 0 Å². The number of aromatic nitrogens is 2. The fraction of sp³-hybridized carbons (Fsp3) is 0.294. The average molecular weight is 312 g/mol. The second kappa shape index (κ2) is 6.26. The first kappa shape index (κ1) is 14.0. The lowest BCUT2D eigenvalue weighted by atomic mass is 10.2. The summed E-state index contributed by atoms with van der Waals surface area (Å²) in [5.74, 6) is 2.61. The van der Waals surface area contributed by atoms with Crippen LogP contribution in [0, 0.1) is 0 Å². The van der Waals surface area contributed by atoms with Gasteiger partial charge in [0.2, 0.25) is 5.76 Å². The second-order valence-corrected chi connectivity index (χ2v) is 5.82. The third kappa shape index (κ3) is 3.12. The highest BCUT2D eigenvalue weighted by atomic mass is 16.5. The minimum atomic E-state index is 0.696. The van der Waals surface area contributed by atoms with Crippen LogP contribution in [-0.2, 0) is 6.54 Å². The van der Waals surface area contributed by atoms with Crippen LogP contribution in [0.2, 0.25) is 0 Å². The molecular weight excluding hydrogens is 292 g/mol. The zero-order chi connectivity index (χ0) is 15.5. The molecule has 0 aliphatic carbocycles. The lowest BCUT2D eigenvalue weighted by Gasteiger charge is -2.27. The molecule has 0 amide bonds. The first-order valence-electron chi connectivity index (χ1n) is 7.93. The fourth-order valence-corrected chi connectivity index (χ4v) is 3.01. The van der Waals surface area contributed by atoms with E-state index in [9.17, 15) is 0 Å². The van der Waals surface area contributed by atoms with Crippen molar-refractivity contribution in [1.29, 1.82) is 0 Å². The third-order valence-corrected chi connectivity index (χ3v) is 4.26. The molecule has 6 nitrogen and oxygen atoms in total. The van der Waals surface area contributed by atoms with Gasteiger partial charge in [0.05, 0.1) is 12.5 Å². The first-order valence-corrected chi connectivity index (χ1v) is 7.93. The number of hydrogen-bond acceptors (Lipinski definition) is 4. The van der Waals surface area contributed by atoms with E-state index in [0.29, 0.717) is 5.76 Å². The van der Waals surface area contributed by atoms with Crippen LogP contribution in [0.15, 0.2) is 57.8 Å². The van der Waals surface area contributed by atoms with E-state index in [2.05, 4.69) is 27.2 Å². The van der Waals surface area contributed by atoms with Crippen molar-refractivity contribution in [3.63, 3.8) is 0 Å². The number of rotatable bonds is 4. The summed E-state index contributed by atoms with van der Waals surface area (Å²) in [6, 6.07) is 11.9. The van der Waals surface area contributed by atoms with Crippen LogP contribution in [0.4, 0.5) is 5.82 Å². The molecular formula is C17H20N4O2+2. The first-order chi connectivity index (χ1) is 11.4. The van der Waals surface area contributed by atoms with E-state index in [4.69, 9.17) is 8.94 Å². The van der Waals surface area contributed by atoms with E-state index in [-0.39, 0.29) is 0 Å². The van der Waals surface area contributed by atoms with E-state index in [0.717, 1.165) is 44.2 Å². The molecule has 1 aliphatic heterocycles. The molecule has 118 valence electrons. The van der Waals surface area contributed by atoms with Gasteiger partial charge in [-0.05, 0) is 18.2 Å². The van der Waals surface area contributed by atoms with Gasteiger partial charge in [0, 0.05) is 12.1 Å². The summed E-state index contributed by atoms with van der Waals surface area (Å²) in [6.45, 7) is 5.14. The summed E-state index contributed by atoms with van der Waals surface area (Å²) in [4.78, 5) is 7.21. The number of aromatic amines is 1. The molecule has 1 fully saturated rings. The standard InChI is InChI=1S/C17H18N4O2/c1-2-6-18-17(5-1)21-9-7-20(8-10-21)13-14-12-16(23-19-14)15-4-3-11-22-15/h1-6,11-12H,7-10,13H2/p+2. The smallest absolute Gasteiger partial charge is 0.274 e. The number of nitrogens with one attached hydrogen (secondary N) is 2. The summed E-state index contributed by atoms with van der Waals surface area (Å²) < 4.78 is 10.7. The predicted octanol–water partition coefficient (Wildman–Crippen LogP) is 0.654. The van der Waals surface area contributed by atoms with Crippen LogP contribution in [0.3, 0.4) is 0 Å². The molecule has 0 saturated carbocycles. The van der Waals surface area contributed by atoms with Gasteiger partial charge in [-0.25, -0.2) is 4.98 Å². The van der Waals surface area contributed by atoms with Crippen LogP contribution in [0.1, 0.15) is 5.69 Å². The Bertz CT molecular complexity index is 731.